The van der Waals surface area contributed by atoms with Crippen LogP contribution in [0.2, 0.25) is 0 Å². The summed E-state index contributed by atoms with van der Waals surface area (Å²) in [5, 5.41) is 14.2. The lowest BCUT2D eigenvalue weighted by Gasteiger charge is -2.28. The number of amides is 2. The van der Waals surface area contributed by atoms with Gasteiger partial charge in [-0.15, -0.1) is 11.3 Å². The molecule has 6 heteroatoms. The molecule has 0 spiro atoms. The van der Waals surface area contributed by atoms with Crippen molar-refractivity contribution in [3.05, 3.63) is 35.0 Å². The second-order valence-electron chi connectivity index (χ2n) is 7.34. The molecule has 2 saturated carbocycles. The molecule has 4 nitrogen and oxygen atoms in total. The second kappa shape index (κ2) is 5.17. The van der Waals surface area contributed by atoms with Gasteiger partial charge in [-0.25, -0.2) is 9.18 Å². The number of hydrogen-bond acceptors (Lipinski definition) is 3. The van der Waals surface area contributed by atoms with Crippen molar-refractivity contribution >= 4 is 27.5 Å². The van der Waals surface area contributed by atoms with Crippen LogP contribution in [0.5, 0.6) is 0 Å². The highest BCUT2D eigenvalue weighted by Crippen LogP contribution is 2.54. The fourth-order valence-electron chi connectivity index (χ4n) is 5.07. The Hall–Kier alpha value is -1.66. The van der Waals surface area contributed by atoms with E-state index >= 15 is 0 Å². The van der Waals surface area contributed by atoms with Gasteiger partial charge in [0.05, 0.1) is 18.7 Å². The molecule has 2 amide bonds. The quantitative estimate of drug-likeness (QED) is 0.878. The summed E-state index contributed by atoms with van der Waals surface area (Å²) in [5.74, 6) is 1.21. The molecule has 24 heavy (non-hydrogen) atoms. The van der Waals surface area contributed by atoms with Crippen molar-refractivity contribution < 1.29 is 14.3 Å². The number of aliphatic hydroxyl groups is 1. The maximum absolute atomic E-state index is 13.3. The van der Waals surface area contributed by atoms with Crippen molar-refractivity contribution in [2.24, 2.45) is 17.8 Å². The minimum atomic E-state index is -0.355. The average Bonchev–Trinajstić information content (AvgIpc) is 3.25. The van der Waals surface area contributed by atoms with Gasteiger partial charge < -0.3 is 15.3 Å². The lowest BCUT2D eigenvalue weighted by molar-refractivity contribution is 0.0609. The van der Waals surface area contributed by atoms with Crippen molar-refractivity contribution in [1.82, 2.24) is 10.2 Å². The van der Waals surface area contributed by atoms with Gasteiger partial charge in [0.2, 0.25) is 0 Å². The Morgan fingerprint density at radius 2 is 2.21 bits per heavy atom. The highest BCUT2D eigenvalue weighted by Gasteiger charge is 2.59. The van der Waals surface area contributed by atoms with Crippen molar-refractivity contribution in [2.45, 2.75) is 31.5 Å². The Labute approximate surface area is 143 Å². The molecule has 0 radical (unpaired) electrons. The number of halogens is 1. The van der Waals surface area contributed by atoms with Gasteiger partial charge >= 0.3 is 6.03 Å². The number of rotatable bonds is 2. The summed E-state index contributed by atoms with van der Waals surface area (Å²) in [5.41, 5.74) is 0. The van der Waals surface area contributed by atoms with Gasteiger partial charge in [-0.1, -0.05) is 0 Å². The van der Waals surface area contributed by atoms with E-state index in [1.165, 1.54) is 12.1 Å². The topological polar surface area (TPSA) is 52.6 Å². The number of nitrogens with zero attached hydrogens (tertiary/aromatic N) is 1. The number of hydrogen-bond donors (Lipinski definition) is 2. The Morgan fingerprint density at radius 3 is 3.04 bits per heavy atom. The number of benzene rings is 1. The van der Waals surface area contributed by atoms with Crippen molar-refractivity contribution in [3.63, 3.8) is 0 Å². The summed E-state index contributed by atoms with van der Waals surface area (Å²) in [6.07, 6.45) is 1.78. The van der Waals surface area contributed by atoms with Crippen LogP contribution in [0.1, 0.15) is 17.7 Å². The van der Waals surface area contributed by atoms with Crippen LogP contribution < -0.4 is 5.32 Å². The molecule has 126 valence electrons. The van der Waals surface area contributed by atoms with Crippen LogP contribution in [-0.4, -0.2) is 34.7 Å². The maximum atomic E-state index is 13.3. The number of fused-ring (bicyclic) bond motifs is 2. The molecule has 3 aliphatic rings. The van der Waals surface area contributed by atoms with Gasteiger partial charge in [0.1, 0.15) is 5.82 Å². The number of carbonyl (C=O) groups is 1. The van der Waals surface area contributed by atoms with Gasteiger partial charge in [-0.3, -0.25) is 0 Å². The van der Waals surface area contributed by atoms with E-state index in [1.807, 2.05) is 11.0 Å². The van der Waals surface area contributed by atoms with Crippen LogP contribution in [0.25, 0.3) is 10.1 Å². The zero-order valence-electron chi connectivity index (χ0n) is 13.1. The van der Waals surface area contributed by atoms with Crippen LogP contribution in [0.3, 0.4) is 0 Å². The smallest absolute Gasteiger partial charge is 0.318 e. The lowest BCUT2D eigenvalue weighted by atomic mass is 9.88. The van der Waals surface area contributed by atoms with Crippen LogP contribution >= 0.6 is 11.3 Å². The lowest BCUT2D eigenvalue weighted by Crippen LogP contribution is -2.47. The largest absolute Gasteiger partial charge is 0.391 e. The number of likely N-dealkylation sites (tertiary alicyclic amines) is 1. The molecule has 2 aliphatic carbocycles. The van der Waals surface area contributed by atoms with E-state index in [9.17, 15) is 14.3 Å². The summed E-state index contributed by atoms with van der Waals surface area (Å²) in [7, 11) is 0. The maximum Gasteiger partial charge on any atom is 0.318 e. The first-order valence-corrected chi connectivity index (χ1v) is 9.32. The predicted octanol–water partition coefficient (Wildman–Crippen LogP) is 2.95. The molecule has 1 aliphatic heterocycles. The summed E-state index contributed by atoms with van der Waals surface area (Å²) in [4.78, 5) is 15.4. The number of thiophene rings is 1. The minimum absolute atomic E-state index is 0.00486. The predicted molar refractivity (Wildman–Crippen MR) is 90.2 cm³/mol. The zero-order valence-corrected chi connectivity index (χ0v) is 13.9. The summed E-state index contributed by atoms with van der Waals surface area (Å²) < 4.78 is 14.3. The van der Waals surface area contributed by atoms with Gasteiger partial charge in [0.15, 0.2) is 0 Å². The molecule has 5 atom stereocenters. The molecule has 2 bridgehead atoms. The molecule has 3 fully saturated rings. The summed E-state index contributed by atoms with van der Waals surface area (Å²) in [6, 6.07) is 6.59. The molecule has 5 rings (SSSR count). The number of aliphatic hydroxyl groups excluding tert-OH is 1. The van der Waals surface area contributed by atoms with E-state index in [1.54, 1.807) is 17.4 Å². The Bertz CT molecular complexity index is 820. The van der Waals surface area contributed by atoms with Crippen LogP contribution in [0, 0.1) is 23.6 Å². The Balaban J connectivity index is 1.29. The van der Waals surface area contributed by atoms with Gasteiger partial charge in [0, 0.05) is 16.1 Å². The van der Waals surface area contributed by atoms with Crippen LogP contribution in [0.15, 0.2) is 24.3 Å². The van der Waals surface area contributed by atoms with E-state index < -0.39 is 0 Å². The Kier molecular flexibility index (Phi) is 3.16. The number of nitrogens with one attached hydrogen (secondary N) is 1. The fraction of sp³-hybridized carbons (Fsp3) is 0.500. The third-order valence-corrected chi connectivity index (χ3v) is 7.17. The van der Waals surface area contributed by atoms with E-state index in [4.69, 9.17) is 0 Å². The second-order valence-corrected chi connectivity index (χ2v) is 8.51. The van der Waals surface area contributed by atoms with E-state index in [0.29, 0.717) is 24.3 Å². The van der Waals surface area contributed by atoms with E-state index in [-0.39, 0.29) is 24.0 Å². The Morgan fingerprint density at radius 1 is 1.33 bits per heavy atom. The third kappa shape index (κ3) is 2.09. The molecular formula is C18H19FN2O2S. The fourth-order valence-corrected chi connectivity index (χ4v) is 6.05. The monoisotopic (exact) mass is 346 g/mol. The van der Waals surface area contributed by atoms with Crippen molar-refractivity contribution in [2.75, 3.05) is 6.54 Å². The van der Waals surface area contributed by atoms with E-state index in [2.05, 4.69) is 5.32 Å². The van der Waals surface area contributed by atoms with E-state index in [0.717, 1.165) is 34.3 Å². The molecule has 0 unspecified atom stereocenters. The summed E-state index contributed by atoms with van der Waals surface area (Å²) in [6.45, 7) is 1.21. The summed E-state index contributed by atoms with van der Waals surface area (Å²) >= 11 is 1.57. The first-order valence-electron chi connectivity index (χ1n) is 8.50. The van der Waals surface area contributed by atoms with Gasteiger partial charge in [-0.05, 0) is 60.2 Å². The number of carbonyl (C=O) groups excluding carboxylic acids is 1. The molecule has 1 aromatic carbocycles. The average molecular weight is 346 g/mol. The van der Waals surface area contributed by atoms with Gasteiger partial charge in [-0.2, -0.15) is 0 Å². The first kappa shape index (κ1) is 14.7. The highest BCUT2D eigenvalue weighted by atomic mass is 32.1. The molecule has 2 aromatic rings. The molecule has 1 saturated heterocycles. The van der Waals surface area contributed by atoms with Crippen LogP contribution in [-0.2, 0) is 6.54 Å². The first-order chi connectivity index (χ1) is 11.6. The molecular weight excluding hydrogens is 327 g/mol. The third-order valence-electron chi connectivity index (χ3n) is 6.05. The van der Waals surface area contributed by atoms with Crippen LogP contribution in [0.4, 0.5) is 9.18 Å². The zero-order chi connectivity index (χ0) is 16.4. The number of urea groups is 1. The molecule has 2 N–H and O–H groups in total. The molecule has 2 heterocycles. The standard InChI is InChI=1S/C18H19FN2O2S/c19-12-1-2-15-9(4-12)5-13(24-15)7-20-18(23)21-8-11-3-10-6-14(11)16(21)17(10)22/h1-2,4-5,10-11,14,16-17,22H,3,6-8H2,(H,20,23)/t10-,11-,14+,16-,17-/m0/s1. The normalized spacial score (nSPS) is 33.6. The van der Waals surface area contributed by atoms with Gasteiger partial charge in [0.25, 0.3) is 0 Å². The van der Waals surface area contributed by atoms with Crippen molar-refractivity contribution in [3.8, 4) is 0 Å². The van der Waals surface area contributed by atoms with Crippen molar-refractivity contribution in [1.29, 1.82) is 0 Å². The SMILES string of the molecule is O=C(NCc1cc2cc(F)ccc2s1)N1C[C@@H]2C[C@H]3C[C@H]2[C@H]1[C@H]3O. The minimum Gasteiger partial charge on any atom is -0.391 e. The highest BCUT2D eigenvalue weighted by molar-refractivity contribution is 7.19. The molecule has 1 aromatic heterocycles.